The summed E-state index contributed by atoms with van der Waals surface area (Å²) in [7, 11) is -1.63. The number of aliphatic carboxylic acids is 1. The number of nitrogens with one attached hydrogen (secondary N) is 3. The van der Waals surface area contributed by atoms with Crippen LogP contribution in [-0.4, -0.2) is 49.0 Å². The third-order valence-electron chi connectivity index (χ3n) is 4.68. The highest BCUT2D eigenvalue weighted by molar-refractivity contribution is 7.85. The van der Waals surface area contributed by atoms with Crippen molar-refractivity contribution >= 4 is 34.0 Å². The molecule has 162 valence electrons. The van der Waals surface area contributed by atoms with Crippen LogP contribution in [0.3, 0.4) is 0 Å². The van der Waals surface area contributed by atoms with Gasteiger partial charge in [-0.05, 0) is 11.5 Å². The lowest BCUT2D eigenvalue weighted by Gasteiger charge is -2.34. The summed E-state index contributed by atoms with van der Waals surface area (Å²) in [6.07, 6.45) is 3.08. The number of halogens is 2. The summed E-state index contributed by atoms with van der Waals surface area (Å²) < 4.78 is 40.3. The highest BCUT2D eigenvalue weighted by atomic mass is 32.2. The maximum atomic E-state index is 14.5. The van der Waals surface area contributed by atoms with Crippen LogP contribution in [0.1, 0.15) is 32.5 Å². The van der Waals surface area contributed by atoms with Gasteiger partial charge in [-0.1, -0.05) is 20.8 Å². The van der Waals surface area contributed by atoms with Crippen LogP contribution < -0.4 is 10.6 Å². The van der Waals surface area contributed by atoms with E-state index in [0.717, 1.165) is 12.4 Å². The number of rotatable bonds is 7. The van der Waals surface area contributed by atoms with Crippen LogP contribution in [0.25, 0.3) is 11.0 Å². The van der Waals surface area contributed by atoms with E-state index >= 15 is 0 Å². The predicted molar refractivity (Wildman–Crippen MR) is 110 cm³/mol. The molecule has 11 heteroatoms. The summed E-state index contributed by atoms with van der Waals surface area (Å²) in [5.74, 6) is -2.72. The van der Waals surface area contributed by atoms with Crippen molar-refractivity contribution in [2.75, 3.05) is 11.5 Å². The van der Waals surface area contributed by atoms with Gasteiger partial charge in [0.15, 0.2) is 5.83 Å². The molecule has 0 saturated carbocycles. The Morgan fingerprint density at radius 2 is 2.13 bits per heavy atom. The van der Waals surface area contributed by atoms with Gasteiger partial charge >= 0.3 is 5.97 Å². The summed E-state index contributed by atoms with van der Waals surface area (Å²) in [5, 5.41) is 15.3. The molecule has 1 aliphatic rings. The maximum Gasteiger partial charge on any atom is 0.316 e. The van der Waals surface area contributed by atoms with E-state index < -0.39 is 51.8 Å². The molecule has 3 heterocycles. The summed E-state index contributed by atoms with van der Waals surface area (Å²) in [6.45, 7) is 5.64. The average Bonchev–Trinajstić information content (AvgIpc) is 3.04. The minimum absolute atomic E-state index is 0.0261. The monoisotopic (exact) mass is 439 g/mol. The van der Waals surface area contributed by atoms with Crippen molar-refractivity contribution in [3.8, 4) is 0 Å². The van der Waals surface area contributed by atoms with E-state index in [0.29, 0.717) is 16.6 Å². The van der Waals surface area contributed by atoms with E-state index in [4.69, 9.17) is 5.11 Å². The molecule has 3 rings (SSSR count). The summed E-state index contributed by atoms with van der Waals surface area (Å²) in [5.41, 5.74) is 0.618. The van der Waals surface area contributed by atoms with Crippen molar-refractivity contribution < 1.29 is 22.9 Å². The van der Waals surface area contributed by atoms with Crippen molar-refractivity contribution in [1.29, 1.82) is 0 Å². The van der Waals surface area contributed by atoms with Gasteiger partial charge in [-0.15, -0.1) is 0 Å². The standard InChI is InChI=1S/C19H23F2N5O3S/c1-19(2,3)14(8-30(29)9-15(27)28)25-18-13(21)7-24-17(26-18)12-6-23-16-11(12)4-10(20)5-22-16/h4-7,14,17,25-26H,8-9H2,1-3H3,(H,22,23)(H,27,28)/t14-,17?,30?/m1/s1. The number of aliphatic imine (C=N–C) groups is 1. The lowest BCUT2D eigenvalue weighted by atomic mass is 9.88. The van der Waals surface area contributed by atoms with Gasteiger partial charge in [0.2, 0.25) is 0 Å². The molecule has 1 aliphatic heterocycles. The molecule has 3 atom stereocenters. The molecule has 2 aromatic heterocycles. The molecule has 0 bridgehead atoms. The molecule has 0 fully saturated rings. The highest BCUT2D eigenvalue weighted by Crippen LogP contribution is 2.28. The van der Waals surface area contributed by atoms with Gasteiger partial charge in [0.25, 0.3) is 0 Å². The molecule has 0 radical (unpaired) electrons. The Hall–Kier alpha value is -2.82. The minimum atomic E-state index is -1.63. The van der Waals surface area contributed by atoms with Gasteiger partial charge in [0, 0.05) is 39.7 Å². The summed E-state index contributed by atoms with van der Waals surface area (Å²) >= 11 is 0. The Bertz CT molecular complexity index is 1040. The van der Waals surface area contributed by atoms with E-state index in [2.05, 4.69) is 25.6 Å². The van der Waals surface area contributed by atoms with Crippen molar-refractivity contribution in [2.24, 2.45) is 10.4 Å². The van der Waals surface area contributed by atoms with Gasteiger partial charge in [0.1, 0.15) is 29.2 Å². The first-order valence-electron chi connectivity index (χ1n) is 9.20. The number of aromatic nitrogens is 2. The number of carbonyl (C=O) groups is 1. The molecule has 0 aliphatic carbocycles. The fourth-order valence-corrected chi connectivity index (χ4v) is 4.35. The quantitative estimate of drug-likeness (QED) is 0.526. The average molecular weight is 439 g/mol. The van der Waals surface area contributed by atoms with Crippen LogP contribution in [-0.2, 0) is 15.6 Å². The number of carboxylic acid groups (broad SMARTS) is 1. The molecule has 0 spiro atoms. The van der Waals surface area contributed by atoms with Crippen molar-refractivity contribution in [3.63, 3.8) is 0 Å². The summed E-state index contributed by atoms with van der Waals surface area (Å²) in [6, 6.07) is 0.834. The third-order valence-corrected chi connectivity index (χ3v) is 5.96. The van der Waals surface area contributed by atoms with E-state index in [1.165, 1.54) is 6.07 Å². The van der Waals surface area contributed by atoms with Crippen LogP contribution in [0.15, 0.2) is 35.1 Å². The number of H-pyrrole nitrogens is 1. The number of nitrogens with zero attached hydrogens (tertiary/aromatic N) is 2. The first-order chi connectivity index (χ1) is 14.0. The first kappa shape index (κ1) is 21.9. The van der Waals surface area contributed by atoms with Gasteiger partial charge in [-0.3, -0.25) is 14.0 Å². The lowest BCUT2D eigenvalue weighted by molar-refractivity contribution is -0.133. The molecule has 8 nitrogen and oxygen atoms in total. The molecule has 0 amide bonds. The van der Waals surface area contributed by atoms with Gasteiger partial charge in [0.05, 0.1) is 12.4 Å². The number of pyridine rings is 1. The topological polar surface area (TPSA) is 119 Å². The number of aromatic amines is 1. The van der Waals surface area contributed by atoms with Crippen molar-refractivity contribution in [3.05, 3.63) is 41.5 Å². The zero-order valence-corrected chi connectivity index (χ0v) is 17.5. The van der Waals surface area contributed by atoms with Crippen molar-refractivity contribution in [2.45, 2.75) is 33.0 Å². The smallest absolute Gasteiger partial charge is 0.316 e. The molecule has 30 heavy (non-hydrogen) atoms. The van der Waals surface area contributed by atoms with Gasteiger partial charge < -0.3 is 20.7 Å². The van der Waals surface area contributed by atoms with Gasteiger partial charge in [-0.2, -0.15) is 0 Å². The second-order valence-electron chi connectivity index (χ2n) is 8.05. The largest absolute Gasteiger partial charge is 0.481 e. The molecular formula is C19H23F2N5O3S. The van der Waals surface area contributed by atoms with E-state index in [1.54, 1.807) is 6.20 Å². The first-order valence-corrected chi connectivity index (χ1v) is 10.7. The van der Waals surface area contributed by atoms with E-state index in [1.807, 2.05) is 20.8 Å². The van der Waals surface area contributed by atoms with Gasteiger partial charge in [-0.25, -0.2) is 13.8 Å². The number of fused-ring (bicyclic) bond motifs is 1. The minimum Gasteiger partial charge on any atom is -0.481 e. The Morgan fingerprint density at radius 1 is 1.40 bits per heavy atom. The zero-order chi connectivity index (χ0) is 22.1. The lowest BCUT2D eigenvalue weighted by Crippen LogP contribution is -2.48. The normalized spacial score (nSPS) is 18.9. The molecule has 2 unspecified atom stereocenters. The Balaban J connectivity index is 1.82. The molecule has 0 aromatic carbocycles. The highest BCUT2D eigenvalue weighted by Gasteiger charge is 2.30. The van der Waals surface area contributed by atoms with E-state index in [9.17, 15) is 17.8 Å². The number of hydrogen-bond donors (Lipinski definition) is 4. The number of carboxylic acids is 1. The van der Waals surface area contributed by atoms with Crippen LogP contribution in [0.4, 0.5) is 8.78 Å². The zero-order valence-electron chi connectivity index (χ0n) is 16.7. The van der Waals surface area contributed by atoms with Crippen LogP contribution in [0.5, 0.6) is 0 Å². The fourth-order valence-electron chi connectivity index (χ4n) is 3.01. The van der Waals surface area contributed by atoms with Crippen LogP contribution in [0, 0.1) is 11.2 Å². The second-order valence-corrected chi connectivity index (χ2v) is 9.55. The van der Waals surface area contributed by atoms with Crippen LogP contribution in [0.2, 0.25) is 0 Å². The van der Waals surface area contributed by atoms with Crippen LogP contribution >= 0.6 is 0 Å². The molecule has 4 N–H and O–H groups in total. The third kappa shape index (κ3) is 5.02. The Labute approximate surface area is 174 Å². The predicted octanol–water partition coefficient (Wildman–Crippen LogP) is 2.35. The second kappa shape index (κ2) is 8.50. The molecular weight excluding hydrogens is 416 g/mol. The SMILES string of the molecule is CC(C)(C)[C@@H](CS(=O)CC(=O)O)NC1=C(F)C=NC(c2c[nH]c3ncc(F)cc23)N1. The molecule has 2 aromatic rings. The maximum absolute atomic E-state index is 14.5. The molecule has 0 saturated heterocycles. The Kier molecular flexibility index (Phi) is 6.20. The van der Waals surface area contributed by atoms with E-state index in [-0.39, 0.29) is 11.6 Å². The Morgan fingerprint density at radius 3 is 2.80 bits per heavy atom. The number of hydrogen-bond acceptors (Lipinski definition) is 6. The number of allylic oxidation sites excluding steroid dienone is 1. The van der Waals surface area contributed by atoms with Crippen molar-refractivity contribution in [1.82, 2.24) is 20.6 Å². The fraction of sp³-hybridized carbons (Fsp3) is 0.421. The summed E-state index contributed by atoms with van der Waals surface area (Å²) in [4.78, 5) is 21.9.